The quantitative estimate of drug-likeness (QED) is 0.883. The zero-order valence-electron chi connectivity index (χ0n) is 10.3. The van der Waals surface area contributed by atoms with E-state index in [-0.39, 0.29) is 5.75 Å². The molecule has 1 aromatic carbocycles. The first-order chi connectivity index (χ1) is 9.31. The van der Waals surface area contributed by atoms with E-state index in [2.05, 4.69) is 10.3 Å². The Hall–Kier alpha value is -2.43. The fourth-order valence-corrected chi connectivity index (χ4v) is 1.87. The van der Waals surface area contributed by atoms with Gasteiger partial charge in [0, 0.05) is 11.8 Å². The molecule has 0 saturated heterocycles. The highest BCUT2D eigenvalue weighted by molar-refractivity contribution is 5.55. The summed E-state index contributed by atoms with van der Waals surface area (Å²) in [6.07, 6.45) is 1.43. The van der Waals surface area contributed by atoms with Crippen molar-refractivity contribution in [1.82, 2.24) is 4.98 Å². The molecule has 0 spiro atoms. The highest BCUT2D eigenvalue weighted by Crippen LogP contribution is 2.32. The van der Waals surface area contributed by atoms with Crippen molar-refractivity contribution in [1.29, 1.82) is 0 Å². The lowest BCUT2D eigenvalue weighted by Gasteiger charge is -2.19. The van der Waals surface area contributed by atoms with E-state index in [1.807, 2.05) is 18.2 Å². The first-order valence-corrected chi connectivity index (χ1v) is 6.09. The van der Waals surface area contributed by atoms with E-state index in [1.54, 1.807) is 12.1 Å². The maximum Gasteiger partial charge on any atom is 0.163 e. The maximum absolute atomic E-state index is 9.16. The highest BCUT2D eigenvalue weighted by atomic mass is 16.6. The van der Waals surface area contributed by atoms with Gasteiger partial charge in [0.05, 0.1) is 18.4 Å². The number of nitrogens with zero attached hydrogens (tertiary/aromatic N) is 1. The minimum atomic E-state index is 0.170. The largest absolute Gasteiger partial charge is 0.506 e. The minimum Gasteiger partial charge on any atom is -0.506 e. The van der Waals surface area contributed by atoms with E-state index in [0.29, 0.717) is 19.8 Å². The number of fused-ring (bicyclic) bond motifs is 1. The number of anilines is 1. The van der Waals surface area contributed by atoms with Crippen LogP contribution in [0.4, 0.5) is 5.69 Å². The third kappa shape index (κ3) is 2.70. The second kappa shape index (κ2) is 5.06. The average Bonchev–Trinajstić information content (AvgIpc) is 2.46. The van der Waals surface area contributed by atoms with Crippen molar-refractivity contribution in [3.05, 3.63) is 42.2 Å². The summed E-state index contributed by atoms with van der Waals surface area (Å²) in [6, 6.07) is 9.14. The van der Waals surface area contributed by atoms with Crippen LogP contribution in [0.1, 0.15) is 5.69 Å². The van der Waals surface area contributed by atoms with Crippen molar-refractivity contribution in [3.63, 3.8) is 0 Å². The van der Waals surface area contributed by atoms with E-state index in [9.17, 15) is 0 Å². The maximum atomic E-state index is 9.16. The van der Waals surface area contributed by atoms with Gasteiger partial charge in [0.1, 0.15) is 19.0 Å². The number of hydrogen-bond acceptors (Lipinski definition) is 5. The number of aromatic hydroxyl groups is 1. The Kier molecular flexibility index (Phi) is 3.10. The van der Waals surface area contributed by atoms with Crippen LogP contribution in [0.2, 0.25) is 0 Å². The van der Waals surface area contributed by atoms with Crippen LogP contribution in [0.5, 0.6) is 17.2 Å². The molecule has 3 rings (SSSR count). The smallest absolute Gasteiger partial charge is 0.163 e. The van der Waals surface area contributed by atoms with Crippen LogP contribution in [-0.2, 0) is 6.54 Å². The molecule has 0 bridgehead atoms. The number of nitrogens with one attached hydrogen (secondary N) is 1. The zero-order chi connectivity index (χ0) is 13.1. The molecule has 2 N–H and O–H groups in total. The molecule has 1 aliphatic heterocycles. The van der Waals surface area contributed by atoms with Crippen LogP contribution in [-0.4, -0.2) is 23.3 Å². The van der Waals surface area contributed by atoms with Gasteiger partial charge in [0.2, 0.25) is 0 Å². The molecule has 0 saturated carbocycles. The van der Waals surface area contributed by atoms with E-state index >= 15 is 0 Å². The molecule has 0 amide bonds. The van der Waals surface area contributed by atoms with Crippen LogP contribution in [0.3, 0.4) is 0 Å². The van der Waals surface area contributed by atoms with Gasteiger partial charge in [-0.15, -0.1) is 0 Å². The second-order valence-corrected chi connectivity index (χ2v) is 4.22. The second-order valence-electron chi connectivity index (χ2n) is 4.22. The van der Waals surface area contributed by atoms with E-state index in [0.717, 1.165) is 22.9 Å². The van der Waals surface area contributed by atoms with Crippen molar-refractivity contribution < 1.29 is 14.6 Å². The van der Waals surface area contributed by atoms with Gasteiger partial charge in [0.25, 0.3) is 0 Å². The first kappa shape index (κ1) is 11.6. The molecule has 0 fully saturated rings. The summed E-state index contributed by atoms with van der Waals surface area (Å²) in [5.41, 5.74) is 1.80. The molecule has 0 radical (unpaired) electrons. The normalized spacial score (nSPS) is 13.1. The molecule has 1 aliphatic rings. The molecule has 5 heteroatoms. The summed E-state index contributed by atoms with van der Waals surface area (Å²) < 4.78 is 11.0. The average molecular weight is 258 g/mol. The van der Waals surface area contributed by atoms with Crippen molar-refractivity contribution in [2.24, 2.45) is 0 Å². The van der Waals surface area contributed by atoms with Gasteiger partial charge < -0.3 is 19.9 Å². The molecule has 1 aromatic heterocycles. The molecule has 2 heterocycles. The van der Waals surface area contributed by atoms with Crippen LogP contribution in [0.15, 0.2) is 36.5 Å². The number of hydrogen-bond donors (Lipinski definition) is 2. The van der Waals surface area contributed by atoms with Crippen LogP contribution in [0, 0.1) is 0 Å². The van der Waals surface area contributed by atoms with Gasteiger partial charge in [-0.25, -0.2) is 0 Å². The fraction of sp³-hybridized carbons (Fsp3) is 0.214. The Bertz CT molecular complexity index is 569. The van der Waals surface area contributed by atoms with Gasteiger partial charge in [0.15, 0.2) is 11.5 Å². The summed E-state index contributed by atoms with van der Waals surface area (Å²) in [5, 5.41) is 12.4. The Balaban J connectivity index is 1.68. The summed E-state index contributed by atoms with van der Waals surface area (Å²) >= 11 is 0. The number of benzene rings is 1. The van der Waals surface area contributed by atoms with E-state index in [4.69, 9.17) is 14.6 Å². The van der Waals surface area contributed by atoms with E-state index in [1.165, 1.54) is 6.20 Å². The monoisotopic (exact) mass is 258 g/mol. The number of aromatic nitrogens is 1. The number of pyridine rings is 1. The Morgan fingerprint density at radius 2 is 1.95 bits per heavy atom. The molecular formula is C14H14N2O3. The molecule has 0 atom stereocenters. The SMILES string of the molecule is Oc1ccc(CNc2ccc3c(c2)OCCO3)nc1. The lowest BCUT2D eigenvalue weighted by Crippen LogP contribution is -2.15. The van der Waals surface area contributed by atoms with Crippen LogP contribution in [0.25, 0.3) is 0 Å². The van der Waals surface area contributed by atoms with Gasteiger partial charge in [-0.2, -0.15) is 0 Å². The Labute approximate surface area is 110 Å². The van der Waals surface area contributed by atoms with E-state index < -0.39 is 0 Å². The number of rotatable bonds is 3. The highest BCUT2D eigenvalue weighted by Gasteiger charge is 2.11. The summed E-state index contributed by atoms with van der Waals surface area (Å²) in [7, 11) is 0. The summed E-state index contributed by atoms with van der Waals surface area (Å²) in [5.74, 6) is 1.71. The van der Waals surface area contributed by atoms with Crippen molar-refractivity contribution in [2.45, 2.75) is 6.54 Å². The molecule has 0 unspecified atom stereocenters. The molecule has 0 aliphatic carbocycles. The Morgan fingerprint density at radius 3 is 2.74 bits per heavy atom. The molecule has 5 nitrogen and oxygen atoms in total. The van der Waals surface area contributed by atoms with Gasteiger partial charge in [-0.3, -0.25) is 4.98 Å². The lowest BCUT2D eigenvalue weighted by molar-refractivity contribution is 0.171. The van der Waals surface area contributed by atoms with Crippen molar-refractivity contribution in [3.8, 4) is 17.2 Å². The molecule has 19 heavy (non-hydrogen) atoms. The van der Waals surface area contributed by atoms with Gasteiger partial charge >= 0.3 is 0 Å². The van der Waals surface area contributed by atoms with Crippen LogP contribution < -0.4 is 14.8 Å². The van der Waals surface area contributed by atoms with Crippen molar-refractivity contribution in [2.75, 3.05) is 18.5 Å². The summed E-state index contributed by atoms with van der Waals surface area (Å²) in [6.45, 7) is 1.76. The molecular weight excluding hydrogens is 244 g/mol. The lowest BCUT2D eigenvalue weighted by atomic mass is 10.2. The molecule has 98 valence electrons. The fourth-order valence-electron chi connectivity index (χ4n) is 1.87. The Morgan fingerprint density at radius 1 is 1.11 bits per heavy atom. The third-order valence-electron chi connectivity index (χ3n) is 2.82. The standard InChI is InChI=1S/C14H14N2O3/c17-12-3-1-11(16-9-12)8-15-10-2-4-13-14(7-10)19-6-5-18-13/h1-4,7,9,15,17H,5-6,8H2. The minimum absolute atomic E-state index is 0.170. The first-order valence-electron chi connectivity index (χ1n) is 6.09. The molecule has 2 aromatic rings. The van der Waals surface area contributed by atoms with Crippen LogP contribution >= 0.6 is 0 Å². The zero-order valence-corrected chi connectivity index (χ0v) is 10.3. The predicted molar refractivity (Wildman–Crippen MR) is 70.7 cm³/mol. The third-order valence-corrected chi connectivity index (χ3v) is 2.82. The topological polar surface area (TPSA) is 63.6 Å². The van der Waals surface area contributed by atoms with Crippen molar-refractivity contribution >= 4 is 5.69 Å². The van der Waals surface area contributed by atoms with Gasteiger partial charge in [-0.05, 0) is 24.3 Å². The van der Waals surface area contributed by atoms with Gasteiger partial charge in [-0.1, -0.05) is 0 Å². The predicted octanol–water partition coefficient (Wildman–Crippen LogP) is 2.17. The number of ether oxygens (including phenoxy) is 2. The summed E-state index contributed by atoms with van der Waals surface area (Å²) in [4.78, 5) is 4.11.